The lowest BCUT2D eigenvalue weighted by Gasteiger charge is -2.25. The quantitative estimate of drug-likeness (QED) is 0.433. The van der Waals surface area contributed by atoms with Gasteiger partial charge in [0, 0.05) is 21.5 Å². The number of hydrogen-bond donors (Lipinski definition) is 2. The van der Waals surface area contributed by atoms with Gasteiger partial charge in [0.15, 0.2) is 6.61 Å². The molecule has 0 fully saturated rings. The van der Waals surface area contributed by atoms with Gasteiger partial charge in [-0.05, 0) is 41.8 Å². The summed E-state index contributed by atoms with van der Waals surface area (Å²) in [6.07, 6.45) is -5.22. The number of alkyl halides is 3. The summed E-state index contributed by atoms with van der Waals surface area (Å²) in [6, 6.07) is 7.50. The van der Waals surface area contributed by atoms with Gasteiger partial charge >= 0.3 is 6.18 Å². The minimum Gasteiger partial charge on any atom is -0.484 e. The van der Waals surface area contributed by atoms with Crippen molar-refractivity contribution in [2.75, 3.05) is 6.61 Å². The summed E-state index contributed by atoms with van der Waals surface area (Å²) in [5.74, 6) is -4.43. The van der Waals surface area contributed by atoms with Gasteiger partial charge in [0.25, 0.3) is 11.7 Å². The van der Waals surface area contributed by atoms with E-state index in [9.17, 15) is 27.6 Å². The van der Waals surface area contributed by atoms with Gasteiger partial charge in [0.05, 0.1) is 6.04 Å². The molecule has 0 aromatic heterocycles. The number of rotatable bonds is 10. The van der Waals surface area contributed by atoms with Crippen LogP contribution in [0.25, 0.3) is 0 Å². The first-order valence-corrected chi connectivity index (χ1v) is 11.4. The molecule has 2 aromatic rings. The van der Waals surface area contributed by atoms with Crippen LogP contribution in [0.15, 0.2) is 42.5 Å². The lowest BCUT2D eigenvalue weighted by Crippen LogP contribution is -2.56. The fraction of sp³-hybridized carbons (Fsp3) is 0.348. The number of amides is 2. The molecule has 0 aliphatic carbocycles. The number of nitrogens with one attached hydrogen (secondary N) is 2. The Morgan fingerprint density at radius 3 is 2.00 bits per heavy atom. The third-order valence-corrected chi connectivity index (χ3v) is 5.43. The summed E-state index contributed by atoms with van der Waals surface area (Å²) >= 11 is 17.6. The zero-order chi connectivity index (χ0) is 26.3. The second-order valence-corrected chi connectivity index (χ2v) is 9.25. The van der Waals surface area contributed by atoms with Crippen LogP contribution in [0, 0.1) is 5.92 Å². The van der Waals surface area contributed by atoms with Crippen LogP contribution in [0.5, 0.6) is 5.75 Å². The van der Waals surface area contributed by atoms with E-state index in [1.165, 1.54) is 32.0 Å². The van der Waals surface area contributed by atoms with E-state index in [4.69, 9.17) is 39.5 Å². The Balaban J connectivity index is 2.18. The molecule has 0 heterocycles. The van der Waals surface area contributed by atoms with E-state index >= 15 is 0 Å². The molecule has 0 aliphatic heterocycles. The molecule has 2 N–H and O–H groups in total. The minimum absolute atomic E-state index is 0.0806. The summed E-state index contributed by atoms with van der Waals surface area (Å²) in [7, 11) is 0. The molecule has 0 saturated heterocycles. The Bertz CT molecular complexity index is 1040. The minimum atomic E-state index is -5.14. The van der Waals surface area contributed by atoms with Gasteiger partial charge in [-0.3, -0.25) is 14.4 Å². The van der Waals surface area contributed by atoms with Crippen molar-refractivity contribution in [1.29, 1.82) is 0 Å². The van der Waals surface area contributed by atoms with E-state index in [0.29, 0.717) is 10.6 Å². The van der Waals surface area contributed by atoms with Gasteiger partial charge < -0.3 is 15.4 Å². The standard InChI is InChI=1S/C23H22Cl3F3N2O4/c1-12(2)20(21(33)23(27,28)29)31-22(34)18(7-13-3-5-14(24)6-4-13)30-19(32)11-35-17-9-15(25)8-16(26)10-17/h3-6,8-10,12,18,20H,7,11H2,1-2H3,(H,30,32)(H,31,34)/t18-,20-/m0/s1. The van der Waals surface area contributed by atoms with Gasteiger partial charge in [-0.2, -0.15) is 13.2 Å². The SMILES string of the molecule is CC(C)[C@H](NC(=O)[C@H](Cc1ccc(Cl)cc1)NC(=O)COc1cc(Cl)cc(Cl)c1)C(=O)C(F)(F)F. The Labute approximate surface area is 215 Å². The summed E-state index contributed by atoms with van der Waals surface area (Å²) < 4.78 is 44.4. The van der Waals surface area contributed by atoms with Crippen molar-refractivity contribution in [3.05, 3.63) is 63.1 Å². The number of Topliss-reactive ketones (excluding diaryl/α,β-unsaturated/α-hetero) is 1. The van der Waals surface area contributed by atoms with Crippen LogP contribution in [0.3, 0.4) is 0 Å². The largest absolute Gasteiger partial charge is 0.484 e. The van der Waals surface area contributed by atoms with Crippen molar-refractivity contribution in [1.82, 2.24) is 10.6 Å². The van der Waals surface area contributed by atoms with E-state index in [-0.39, 0.29) is 22.2 Å². The summed E-state index contributed by atoms with van der Waals surface area (Å²) in [4.78, 5) is 37.2. The zero-order valence-electron chi connectivity index (χ0n) is 18.6. The van der Waals surface area contributed by atoms with Crippen LogP contribution in [0.4, 0.5) is 13.2 Å². The monoisotopic (exact) mass is 552 g/mol. The summed E-state index contributed by atoms with van der Waals surface area (Å²) in [5.41, 5.74) is 0.570. The third-order valence-electron chi connectivity index (χ3n) is 4.74. The highest BCUT2D eigenvalue weighted by atomic mass is 35.5. The fourth-order valence-corrected chi connectivity index (χ4v) is 3.66. The second kappa shape index (κ2) is 12.5. The molecule has 2 amide bonds. The summed E-state index contributed by atoms with van der Waals surface area (Å²) in [5, 5.41) is 5.55. The van der Waals surface area contributed by atoms with Crippen LogP contribution < -0.4 is 15.4 Å². The molecule has 12 heteroatoms. The Morgan fingerprint density at radius 2 is 1.49 bits per heavy atom. The molecule has 190 valence electrons. The van der Waals surface area contributed by atoms with Gasteiger partial charge in [0.1, 0.15) is 11.8 Å². The highest BCUT2D eigenvalue weighted by Crippen LogP contribution is 2.24. The number of carbonyl (C=O) groups excluding carboxylic acids is 3. The average molecular weight is 554 g/mol. The zero-order valence-corrected chi connectivity index (χ0v) is 20.9. The van der Waals surface area contributed by atoms with Crippen LogP contribution in [0.2, 0.25) is 15.1 Å². The van der Waals surface area contributed by atoms with E-state index in [1.807, 2.05) is 0 Å². The van der Waals surface area contributed by atoms with Crippen LogP contribution in [-0.4, -0.2) is 42.5 Å². The predicted octanol–water partition coefficient (Wildman–Crippen LogP) is 5.03. The lowest BCUT2D eigenvalue weighted by atomic mass is 9.98. The van der Waals surface area contributed by atoms with Gasteiger partial charge in [0.2, 0.25) is 5.91 Å². The molecular weight excluding hydrogens is 532 g/mol. The molecule has 0 aliphatic rings. The first kappa shape index (κ1) is 28.7. The number of ketones is 1. The van der Waals surface area contributed by atoms with Gasteiger partial charge in [-0.15, -0.1) is 0 Å². The molecule has 0 saturated carbocycles. The number of hydrogen-bond acceptors (Lipinski definition) is 4. The molecule has 2 rings (SSSR count). The van der Waals surface area contributed by atoms with Crippen molar-refractivity contribution in [3.63, 3.8) is 0 Å². The van der Waals surface area contributed by atoms with E-state index in [2.05, 4.69) is 10.6 Å². The van der Waals surface area contributed by atoms with E-state index in [1.54, 1.807) is 24.3 Å². The normalized spacial score (nSPS) is 13.2. The number of ether oxygens (including phenoxy) is 1. The number of benzene rings is 2. The smallest absolute Gasteiger partial charge is 0.452 e. The van der Waals surface area contributed by atoms with Crippen molar-refractivity contribution in [3.8, 4) is 5.75 Å². The molecule has 0 spiro atoms. The van der Waals surface area contributed by atoms with Crippen LogP contribution >= 0.6 is 34.8 Å². The molecule has 35 heavy (non-hydrogen) atoms. The molecule has 2 aromatic carbocycles. The van der Waals surface area contributed by atoms with Crippen LogP contribution in [0.1, 0.15) is 19.4 Å². The maximum atomic E-state index is 13.0. The Hall–Kier alpha value is -2.49. The van der Waals surface area contributed by atoms with Gasteiger partial charge in [-0.1, -0.05) is 60.8 Å². The molecule has 2 atom stereocenters. The molecule has 0 radical (unpaired) electrons. The first-order chi connectivity index (χ1) is 16.3. The van der Waals surface area contributed by atoms with E-state index < -0.39 is 48.4 Å². The number of carbonyl (C=O) groups is 3. The fourth-order valence-electron chi connectivity index (χ4n) is 3.03. The average Bonchev–Trinajstić information content (AvgIpc) is 2.75. The van der Waals surface area contributed by atoms with Crippen molar-refractivity contribution in [2.45, 2.75) is 38.5 Å². The first-order valence-electron chi connectivity index (χ1n) is 10.3. The highest BCUT2D eigenvalue weighted by Gasteiger charge is 2.45. The Morgan fingerprint density at radius 1 is 0.914 bits per heavy atom. The maximum absolute atomic E-state index is 13.0. The topological polar surface area (TPSA) is 84.5 Å². The predicted molar refractivity (Wildman–Crippen MR) is 127 cm³/mol. The lowest BCUT2D eigenvalue weighted by molar-refractivity contribution is -0.175. The van der Waals surface area contributed by atoms with E-state index in [0.717, 1.165) is 0 Å². The maximum Gasteiger partial charge on any atom is 0.452 e. The molecule has 0 unspecified atom stereocenters. The highest BCUT2D eigenvalue weighted by molar-refractivity contribution is 6.34. The third kappa shape index (κ3) is 9.23. The van der Waals surface area contributed by atoms with Crippen LogP contribution in [-0.2, 0) is 20.8 Å². The molecule has 0 bridgehead atoms. The summed E-state index contributed by atoms with van der Waals surface area (Å²) in [6.45, 7) is 2.20. The van der Waals surface area contributed by atoms with Crippen molar-refractivity contribution in [2.24, 2.45) is 5.92 Å². The Kier molecular flexibility index (Phi) is 10.2. The molecule has 6 nitrogen and oxygen atoms in total. The second-order valence-electron chi connectivity index (χ2n) is 7.94. The van der Waals surface area contributed by atoms with Crippen molar-refractivity contribution < 1.29 is 32.3 Å². The molecular formula is C23H22Cl3F3N2O4. The number of halogens is 6. The van der Waals surface area contributed by atoms with Crippen molar-refractivity contribution >= 4 is 52.4 Å². The van der Waals surface area contributed by atoms with Gasteiger partial charge in [-0.25, -0.2) is 0 Å².